The first-order valence-corrected chi connectivity index (χ1v) is 15.0. The molecule has 3 rings (SSSR count). The van der Waals surface area contributed by atoms with Crippen LogP contribution in [0.2, 0.25) is 0 Å². The summed E-state index contributed by atoms with van der Waals surface area (Å²) in [5.74, 6) is 1.25. The molecule has 0 saturated carbocycles. The zero-order valence-electron chi connectivity index (χ0n) is 25.2. The van der Waals surface area contributed by atoms with Crippen molar-refractivity contribution in [3.8, 4) is 11.5 Å². The highest BCUT2D eigenvalue weighted by Gasteiger charge is 2.45. The molecule has 1 atom stereocenters. The van der Waals surface area contributed by atoms with Gasteiger partial charge in [-0.25, -0.2) is 4.79 Å². The number of fused-ring (bicyclic) bond motifs is 1. The molecule has 1 unspecified atom stereocenters. The van der Waals surface area contributed by atoms with Crippen LogP contribution in [0.15, 0.2) is 0 Å². The standard InChI is InChI=1S/C22H36N2O4.C7H13BrN2O2/c1-15-16(2)21-19(17(3)20(15)26)18(22(4,5)28-21)14-24-8-6-23(7-9-24)10-12-27-13-11-25;1-3-7(8,4-2)5(11)10-6(9)12/h18,25-26H,6-14H2,1-5H3;3-4H2,1-2H3,(H3,9,10,11,12). The third kappa shape index (κ3) is 8.31. The first-order valence-electron chi connectivity index (χ1n) is 14.2. The monoisotopic (exact) mass is 628 g/mol. The van der Waals surface area contributed by atoms with Crippen molar-refractivity contribution in [2.24, 2.45) is 5.73 Å². The summed E-state index contributed by atoms with van der Waals surface area (Å²) >= 11 is 3.26. The van der Waals surface area contributed by atoms with Crippen molar-refractivity contribution in [1.29, 1.82) is 0 Å². The molecule has 0 aromatic heterocycles. The van der Waals surface area contributed by atoms with Crippen LogP contribution in [0.5, 0.6) is 11.5 Å². The molecule has 1 aromatic carbocycles. The number of aliphatic hydroxyl groups excluding tert-OH is 1. The van der Waals surface area contributed by atoms with Crippen LogP contribution in [-0.4, -0.2) is 101 Å². The number of hydrogen-bond acceptors (Lipinski definition) is 8. The lowest BCUT2D eigenvalue weighted by Crippen LogP contribution is -2.50. The molecule has 11 heteroatoms. The van der Waals surface area contributed by atoms with E-state index in [1.54, 1.807) is 0 Å². The van der Waals surface area contributed by atoms with Crippen LogP contribution >= 0.6 is 15.9 Å². The number of carbonyl (C=O) groups is 2. The first kappa shape index (κ1) is 34.3. The molecule has 1 aromatic rings. The summed E-state index contributed by atoms with van der Waals surface area (Å²) in [5.41, 5.74) is 8.65. The van der Waals surface area contributed by atoms with Crippen LogP contribution in [0.3, 0.4) is 0 Å². The Hall–Kier alpha value is -1.92. The molecule has 2 aliphatic rings. The van der Waals surface area contributed by atoms with Gasteiger partial charge in [0.25, 0.3) is 0 Å². The molecule has 1 saturated heterocycles. The van der Waals surface area contributed by atoms with E-state index >= 15 is 0 Å². The van der Waals surface area contributed by atoms with Crippen molar-refractivity contribution in [3.63, 3.8) is 0 Å². The molecule has 2 aliphatic heterocycles. The van der Waals surface area contributed by atoms with Crippen molar-refractivity contribution in [3.05, 3.63) is 22.3 Å². The Morgan fingerprint density at radius 3 is 2.17 bits per heavy atom. The second-order valence-corrected chi connectivity index (χ2v) is 12.7. The van der Waals surface area contributed by atoms with Gasteiger partial charge in [-0.05, 0) is 64.2 Å². The number of urea groups is 1. The Labute approximate surface area is 247 Å². The molecule has 0 bridgehead atoms. The van der Waals surface area contributed by atoms with E-state index in [1.165, 1.54) is 5.56 Å². The molecule has 228 valence electrons. The average molecular weight is 630 g/mol. The Morgan fingerprint density at radius 1 is 1.07 bits per heavy atom. The molecule has 10 nitrogen and oxygen atoms in total. The lowest BCUT2D eigenvalue weighted by Gasteiger charge is -2.38. The van der Waals surface area contributed by atoms with Gasteiger partial charge in [0.05, 0.1) is 19.8 Å². The molecule has 2 heterocycles. The number of piperazine rings is 1. The third-order valence-corrected chi connectivity index (χ3v) is 9.75. The van der Waals surface area contributed by atoms with Gasteiger partial charge in [0.15, 0.2) is 0 Å². The van der Waals surface area contributed by atoms with Gasteiger partial charge in [0.2, 0.25) is 5.91 Å². The molecule has 0 radical (unpaired) electrons. The number of nitrogens with two attached hydrogens (primary N) is 1. The first-order chi connectivity index (χ1) is 18.7. The van der Waals surface area contributed by atoms with Gasteiger partial charge in [0, 0.05) is 50.7 Å². The lowest BCUT2D eigenvalue weighted by atomic mass is 9.82. The smallest absolute Gasteiger partial charge is 0.318 e. The maximum absolute atomic E-state index is 11.3. The minimum Gasteiger partial charge on any atom is -0.507 e. The maximum Gasteiger partial charge on any atom is 0.318 e. The van der Waals surface area contributed by atoms with Gasteiger partial charge in [-0.1, -0.05) is 29.8 Å². The molecular weight excluding hydrogens is 580 g/mol. The largest absolute Gasteiger partial charge is 0.507 e. The number of alkyl halides is 1. The molecule has 3 amide bonds. The number of phenols is 1. The van der Waals surface area contributed by atoms with Gasteiger partial charge in [-0.3, -0.25) is 15.0 Å². The fourth-order valence-corrected chi connectivity index (χ4v) is 5.38. The second kappa shape index (κ2) is 14.8. The summed E-state index contributed by atoms with van der Waals surface area (Å²) in [7, 11) is 0. The topological polar surface area (TPSA) is 138 Å². The number of benzene rings is 1. The second-order valence-electron chi connectivity index (χ2n) is 11.2. The van der Waals surface area contributed by atoms with E-state index < -0.39 is 10.4 Å². The number of aromatic hydroxyl groups is 1. The Morgan fingerprint density at radius 2 is 1.65 bits per heavy atom. The van der Waals surface area contributed by atoms with Crippen molar-refractivity contribution in [2.75, 3.05) is 59.1 Å². The summed E-state index contributed by atoms with van der Waals surface area (Å²) in [5, 5.41) is 21.4. The van der Waals surface area contributed by atoms with Crippen LogP contribution in [0.1, 0.15) is 68.7 Å². The summed E-state index contributed by atoms with van der Waals surface area (Å²) in [4.78, 5) is 26.6. The van der Waals surface area contributed by atoms with Crippen LogP contribution in [0, 0.1) is 20.8 Å². The Bertz CT molecular complexity index is 1020. The van der Waals surface area contributed by atoms with Gasteiger partial charge in [-0.15, -0.1) is 0 Å². The number of imide groups is 1. The van der Waals surface area contributed by atoms with Crippen molar-refractivity contribution >= 4 is 27.9 Å². The molecule has 5 N–H and O–H groups in total. The molecule has 0 aliphatic carbocycles. The predicted octanol–water partition coefficient (Wildman–Crippen LogP) is 3.33. The van der Waals surface area contributed by atoms with E-state index in [9.17, 15) is 14.7 Å². The lowest BCUT2D eigenvalue weighted by molar-refractivity contribution is -0.122. The van der Waals surface area contributed by atoms with Crippen LogP contribution in [0.4, 0.5) is 4.79 Å². The van der Waals surface area contributed by atoms with Crippen LogP contribution < -0.4 is 15.8 Å². The average Bonchev–Trinajstić information content (AvgIpc) is 3.19. The highest BCUT2D eigenvalue weighted by atomic mass is 79.9. The highest BCUT2D eigenvalue weighted by molar-refractivity contribution is 9.10. The third-order valence-electron chi connectivity index (χ3n) is 8.27. The van der Waals surface area contributed by atoms with E-state index in [0.717, 1.165) is 61.7 Å². The Kier molecular flexibility index (Phi) is 12.7. The van der Waals surface area contributed by atoms with Gasteiger partial charge in [-0.2, -0.15) is 0 Å². The van der Waals surface area contributed by atoms with E-state index in [2.05, 4.69) is 39.6 Å². The van der Waals surface area contributed by atoms with E-state index in [4.69, 9.17) is 20.3 Å². The zero-order chi connectivity index (χ0) is 30.3. The Balaban J connectivity index is 0.000000395. The van der Waals surface area contributed by atoms with Crippen molar-refractivity contribution in [2.45, 2.75) is 77.2 Å². The summed E-state index contributed by atoms with van der Waals surface area (Å²) in [6.07, 6.45) is 1.23. The number of hydrogen-bond donors (Lipinski definition) is 4. The van der Waals surface area contributed by atoms with E-state index in [0.29, 0.717) is 31.8 Å². The normalized spacial score (nSPS) is 18.9. The van der Waals surface area contributed by atoms with E-state index in [-0.39, 0.29) is 24.0 Å². The van der Waals surface area contributed by atoms with E-state index in [1.807, 2.05) is 39.9 Å². The number of amides is 3. The van der Waals surface area contributed by atoms with Crippen LogP contribution in [-0.2, 0) is 9.53 Å². The number of nitrogens with one attached hydrogen (secondary N) is 1. The van der Waals surface area contributed by atoms with Crippen molar-refractivity contribution in [1.82, 2.24) is 15.1 Å². The van der Waals surface area contributed by atoms with Crippen LogP contribution in [0.25, 0.3) is 0 Å². The summed E-state index contributed by atoms with van der Waals surface area (Å²) < 4.78 is 11.1. The number of nitrogens with zero attached hydrogens (tertiary/aromatic N) is 2. The number of ether oxygens (including phenoxy) is 2. The number of carbonyl (C=O) groups excluding carboxylic acids is 2. The molecule has 0 spiro atoms. The van der Waals surface area contributed by atoms with Crippen molar-refractivity contribution < 1.29 is 29.3 Å². The maximum atomic E-state index is 11.3. The molecule has 40 heavy (non-hydrogen) atoms. The fraction of sp³-hybridized carbons (Fsp3) is 0.724. The highest BCUT2D eigenvalue weighted by Crippen LogP contribution is 2.51. The van der Waals surface area contributed by atoms with Gasteiger partial charge < -0.3 is 30.3 Å². The zero-order valence-corrected chi connectivity index (χ0v) is 26.8. The van der Waals surface area contributed by atoms with Gasteiger partial charge in [0.1, 0.15) is 21.4 Å². The molecular formula is C29H49BrN4O6. The number of halogens is 1. The molecule has 1 fully saturated rings. The summed E-state index contributed by atoms with van der Waals surface area (Å²) in [6.45, 7) is 21.2. The SMILES string of the molecule is CCC(Br)(CC)C(=O)NC(N)=O.Cc1c(C)c2c(c(C)c1O)C(CN1CCN(CCOCCO)CC1)C(C)(C)O2. The minimum atomic E-state index is -0.814. The number of phenolic OH excluding ortho intramolecular Hbond substituents is 1. The predicted molar refractivity (Wildman–Crippen MR) is 161 cm³/mol. The fourth-order valence-electron chi connectivity index (χ4n) is 5.28. The van der Waals surface area contributed by atoms with Gasteiger partial charge >= 0.3 is 6.03 Å². The quantitative estimate of drug-likeness (QED) is 0.229. The number of aliphatic hydroxyl groups is 1. The number of primary amides is 1. The minimum absolute atomic E-state index is 0.0858. The number of rotatable bonds is 10. The summed E-state index contributed by atoms with van der Waals surface area (Å²) in [6, 6.07) is -0.814.